The minimum Gasteiger partial charge on any atom is -0.340 e. The molecular formula is C22H22FN5O2. The Morgan fingerprint density at radius 1 is 1.13 bits per heavy atom. The molecule has 1 N–H and O–H groups in total. The highest BCUT2D eigenvalue weighted by Crippen LogP contribution is 2.30. The highest BCUT2D eigenvalue weighted by Gasteiger charge is 2.40. The van der Waals surface area contributed by atoms with E-state index in [4.69, 9.17) is 0 Å². The number of benzene rings is 1. The van der Waals surface area contributed by atoms with E-state index in [1.165, 1.54) is 17.0 Å². The monoisotopic (exact) mass is 407 g/mol. The van der Waals surface area contributed by atoms with Crippen LogP contribution in [0.3, 0.4) is 0 Å². The van der Waals surface area contributed by atoms with Crippen LogP contribution in [0.25, 0.3) is 11.0 Å². The first-order chi connectivity index (χ1) is 14.6. The molecule has 2 amide bonds. The van der Waals surface area contributed by atoms with Gasteiger partial charge in [0.2, 0.25) is 5.91 Å². The number of carbonyl (C=O) groups is 2. The summed E-state index contributed by atoms with van der Waals surface area (Å²) in [6.45, 7) is 1.65. The molecule has 5 rings (SSSR count). The summed E-state index contributed by atoms with van der Waals surface area (Å²) < 4.78 is 14.1. The van der Waals surface area contributed by atoms with E-state index in [0.29, 0.717) is 26.1 Å². The van der Waals surface area contributed by atoms with Gasteiger partial charge in [0.1, 0.15) is 17.7 Å². The average molecular weight is 407 g/mol. The van der Waals surface area contributed by atoms with Crippen LogP contribution in [-0.2, 0) is 4.79 Å². The number of imidazole rings is 1. The molecule has 8 heteroatoms. The molecule has 2 unspecified atom stereocenters. The molecule has 0 bridgehead atoms. The fourth-order valence-electron chi connectivity index (χ4n) is 4.52. The van der Waals surface area contributed by atoms with Crippen molar-refractivity contribution in [1.29, 1.82) is 0 Å². The van der Waals surface area contributed by atoms with Gasteiger partial charge < -0.3 is 14.8 Å². The minimum absolute atomic E-state index is 0.0207. The Morgan fingerprint density at radius 2 is 2.00 bits per heavy atom. The molecule has 0 spiro atoms. The van der Waals surface area contributed by atoms with Crippen LogP contribution in [0.15, 0.2) is 42.7 Å². The average Bonchev–Trinajstić information content (AvgIpc) is 3.51. The van der Waals surface area contributed by atoms with Gasteiger partial charge in [0.25, 0.3) is 5.91 Å². The molecule has 2 saturated heterocycles. The lowest BCUT2D eigenvalue weighted by atomic mass is 10.1. The smallest absolute Gasteiger partial charge is 0.257 e. The van der Waals surface area contributed by atoms with E-state index in [0.717, 1.165) is 29.7 Å². The van der Waals surface area contributed by atoms with Crippen LogP contribution in [0.2, 0.25) is 0 Å². The number of halogens is 1. The molecule has 2 fully saturated rings. The van der Waals surface area contributed by atoms with E-state index in [9.17, 15) is 14.0 Å². The number of pyridine rings is 1. The molecule has 2 atom stereocenters. The van der Waals surface area contributed by atoms with E-state index in [2.05, 4.69) is 15.0 Å². The molecule has 0 saturated carbocycles. The van der Waals surface area contributed by atoms with E-state index in [1.807, 2.05) is 11.0 Å². The Kier molecular flexibility index (Phi) is 4.69. The molecule has 2 aliphatic heterocycles. The highest BCUT2D eigenvalue weighted by molar-refractivity contribution is 5.98. The SMILES string of the molecule is O=C(C1CCCN1C(=O)c1ccccc1F)N1CCC(c2nc3ccncc3[nH]2)C1. The number of aromatic amines is 1. The number of likely N-dealkylation sites (tertiary alicyclic amines) is 2. The van der Waals surface area contributed by atoms with Gasteiger partial charge in [-0.05, 0) is 37.5 Å². The summed E-state index contributed by atoms with van der Waals surface area (Å²) in [5.74, 6) is -0.0411. The van der Waals surface area contributed by atoms with Gasteiger partial charge in [0, 0.05) is 31.7 Å². The number of hydrogen-bond donors (Lipinski definition) is 1. The van der Waals surface area contributed by atoms with Crippen molar-refractivity contribution in [3.63, 3.8) is 0 Å². The fourth-order valence-corrected chi connectivity index (χ4v) is 4.52. The Morgan fingerprint density at radius 3 is 2.83 bits per heavy atom. The Balaban J connectivity index is 1.30. The van der Waals surface area contributed by atoms with Gasteiger partial charge in [-0.15, -0.1) is 0 Å². The molecule has 4 heterocycles. The first kappa shape index (κ1) is 18.7. The van der Waals surface area contributed by atoms with Gasteiger partial charge in [-0.3, -0.25) is 14.6 Å². The van der Waals surface area contributed by atoms with E-state index in [-0.39, 0.29) is 17.4 Å². The Hall–Kier alpha value is -3.29. The van der Waals surface area contributed by atoms with Crippen molar-refractivity contribution in [2.45, 2.75) is 31.2 Å². The lowest BCUT2D eigenvalue weighted by molar-refractivity contribution is -0.134. The maximum absolute atomic E-state index is 14.1. The lowest BCUT2D eigenvalue weighted by Crippen LogP contribution is -2.47. The van der Waals surface area contributed by atoms with Gasteiger partial charge in [0.15, 0.2) is 0 Å². The van der Waals surface area contributed by atoms with Gasteiger partial charge in [-0.2, -0.15) is 0 Å². The van der Waals surface area contributed by atoms with Gasteiger partial charge >= 0.3 is 0 Å². The standard InChI is InChI=1S/C22H22FN5O2/c23-16-5-2-1-4-15(16)21(29)28-10-3-6-19(28)22(30)27-11-8-14(13-27)20-25-17-7-9-24-12-18(17)26-20/h1-2,4-5,7,9,12,14,19H,3,6,8,10-11,13H2,(H,25,26). The van der Waals surface area contributed by atoms with Crippen molar-refractivity contribution >= 4 is 22.8 Å². The molecule has 2 aliphatic rings. The van der Waals surface area contributed by atoms with Crippen LogP contribution in [0.1, 0.15) is 41.4 Å². The number of carbonyl (C=O) groups excluding carboxylic acids is 2. The summed E-state index contributed by atoms with van der Waals surface area (Å²) >= 11 is 0. The van der Waals surface area contributed by atoms with Crippen molar-refractivity contribution in [3.05, 3.63) is 59.9 Å². The zero-order chi connectivity index (χ0) is 20.7. The van der Waals surface area contributed by atoms with Crippen molar-refractivity contribution in [2.24, 2.45) is 0 Å². The van der Waals surface area contributed by atoms with Gasteiger partial charge in [-0.1, -0.05) is 12.1 Å². The Bertz CT molecular complexity index is 1080. The molecule has 3 aromatic rings. The second kappa shape index (κ2) is 7.51. The van der Waals surface area contributed by atoms with E-state index >= 15 is 0 Å². The summed E-state index contributed by atoms with van der Waals surface area (Å²) in [4.78, 5) is 41.5. The number of fused-ring (bicyclic) bond motifs is 1. The molecule has 30 heavy (non-hydrogen) atoms. The predicted molar refractivity (Wildman–Crippen MR) is 108 cm³/mol. The number of nitrogens with zero attached hydrogens (tertiary/aromatic N) is 4. The molecular weight excluding hydrogens is 385 g/mol. The maximum Gasteiger partial charge on any atom is 0.257 e. The van der Waals surface area contributed by atoms with Crippen molar-refractivity contribution in [1.82, 2.24) is 24.8 Å². The third kappa shape index (κ3) is 3.22. The zero-order valence-corrected chi connectivity index (χ0v) is 16.4. The topological polar surface area (TPSA) is 82.2 Å². The number of hydrogen-bond acceptors (Lipinski definition) is 4. The predicted octanol–water partition coefficient (Wildman–Crippen LogP) is 2.72. The molecule has 154 valence electrons. The van der Waals surface area contributed by atoms with Crippen LogP contribution in [0, 0.1) is 5.82 Å². The summed E-state index contributed by atoms with van der Waals surface area (Å²) in [5, 5.41) is 0. The van der Waals surface area contributed by atoms with Crippen molar-refractivity contribution < 1.29 is 14.0 Å². The lowest BCUT2D eigenvalue weighted by Gasteiger charge is -2.28. The highest BCUT2D eigenvalue weighted by atomic mass is 19.1. The van der Waals surface area contributed by atoms with Gasteiger partial charge in [0.05, 0.1) is 22.8 Å². The summed E-state index contributed by atoms with van der Waals surface area (Å²) in [5.41, 5.74) is 1.77. The molecule has 0 radical (unpaired) electrons. The van der Waals surface area contributed by atoms with E-state index < -0.39 is 17.8 Å². The number of rotatable bonds is 3. The second-order valence-corrected chi connectivity index (χ2v) is 7.92. The number of aromatic nitrogens is 3. The van der Waals surface area contributed by atoms with Crippen LogP contribution >= 0.6 is 0 Å². The van der Waals surface area contributed by atoms with Gasteiger partial charge in [-0.25, -0.2) is 9.37 Å². The maximum atomic E-state index is 14.1. The zero-order valence-electron chi connectivity index (χ0n) is 16.4. The van der Waals surface area contributed by atoms with E-state index in [1.54, 1.807) is 24.5 Å². The van der Waals surface area contributed by atoms with Crippen LogP contribution < -0.4 is 0 Å². The largest absolute Gasteiger partial charge is 0.340 e. The number of nitrogens with one attached hydrogen (secondary N) is 1. The summed E-state index contributed by atoms with van der Waals surface area (Å²) in [6.07, 6.45) is 5.61. The minimum atomic E-state index is -0.554. The first-order valence-electron chi connectivity index (χ1n) is 10.3. The fraction of sp³-hybridized carbons (Fsp3) is 0.364. The molecule has 7 nitrogen and oxygen atoms in total. The summed E-state index contributed by atoms with van der Waals surface area (Å²) in [6, 6.07) is 7.26. The second-order valence-electron chi connectivity index (χ2n) is 7.92. The van der Waals surface area contributed by atoms with Crippen LogP contribution in [-0.4, -0.2) is 62.2 Å². The quantitative estimate of drug-likeness (QED) is 0.724. The normalized spacial score (nSPS) is 21.5. The van der Waals surface area contributed by atoms with Crippen LogP contribution in [0.4, 0.5) is 4.39 Å². The molecule has 0 aliphatic carbocycles. The number of H-pyrrole nitrogens is 1. The Labute approximate surface area is 172 Å². The van der Waals surface area contributed by atoms with Crippen molar-refractivity contribution in [2.75, 3.05) is 19.6 Å². The van der Waals surface area contributed by atoms with Crippen LogP contribution in [0.5, 0.6) is 0 Å². The third-order valence-corrected chi connectivity index (χ3v) is 6.09. The van der Waals surface area contributed by atoms with Crippen molar-refractivity contribution in [3.8, 4) is 0 Å². The molecule has 2 aromatic heterocycles. The third-order valence-electron chi connectivity index (χ3n) is 6.09. The molecule has 1 aromatic carbocycles. The summed E-state index contributed by atoms with van der Waals surface area (Å²) in [7, 11) is 0. The number of amides is 2. The first-order valence-corrected chi connectivity index (χ1v) is 10.3.